The Morgan fingerprint density at radius 2 is 2.29 bits per heavy atom. The summed E-state index contributed by atoms with van der Waals surface area (Å²) in [5, 5.41) is 0. The lowest BCUT2D eigenvalue weighted by molar-refractivity contribution is 0.488. The van der Waals surface area contributed by atoms with Gasteiger partial charge in [0.05, 0.1) is 4.90 Å². The number of hydrogen-bond acceptors (Lipinski definition) is 6. The van der Waals surface area contributed by atoms with Gasteiger partial charge in [0, 0.05) is 31.6 Å². The van der Waals surface area contributed by atoms with E-state index in [-0.39, 0.29) is 4.90 Å². The summed E-state index contributed by atoms with van der Waals surface area (Å²) in [5.41, 5.74) is 2.32. The van der Waals surface area contributed by atoms with Crippen molar-refractivity contribution < 1.29 is 8.42 Å². The third kappa shape index (κ3) is 3.56. The van der Waals surface area contributed by atoms with Crippen molar-refractivity contribution in [3.63, 3.8) is 0 Å². The van der Waals surface area contributed by atoms with E-state index in [1.807, 2.05) is 6.26 Å². The second-order valence-electron chi connectivity index (χ2n) is 3.34. The Bertz CT molecular complexity index is 464. The summed E-state index contributed by atoms with van der Waals surface area (Å²) in [7, 11) is -1.90. The van der Waals surface area contributed by atoms with Crippen LogP contribution in [0, 0.1) is 0 Å². The lowest BCUT2D eigenvalue weighted by atomic mass is 10.5. The first-order valence-corrected chi connectivity index (χ1v) is 7.73. The molecule has 17 heavy (non-hydrogen) atoms. The van der Waals surface area contributed by atoms with E-state index in [2.05, 4.69) is 10.4 Å². The van der Waals surface area contributed by atoms with E-state index < -0.39 is 10.0 Å². The Hall–Kier alpha value is -0.830. The molecule has 0 spiro atoms. The fourth-order valence-corrected chi connectivity index (χ4v) is 2.93. The molecule has 0 aliphatic rings. The molecule has 0 aliphatic carbocycles. The number of hydrazine groups is 1. The van der Waals surface area contributed by atoms with Gasteiger partial charge in [-0.3, -0.25) is 0 Å². The molecule has 1 aromatic heterocycles. The highest BCUT2D eigenvalue weighted by Crippen LogP contribution is 2.16. The minimum absolute atomic E-state index is 0.184. The van der Waals surface area contributed by atoms with E-state index in [4.69, 9.17) is 5.84 Å². The molecule has 0 aliphatic heterocycles. The first-order chi connectivity index (χ1) is 8.02. The van der Waals surface area contributed by atoms with Crippen LogP contribution in [0.2, 0.25) is 0 Å². The van der Waals surface area contributed by atoms with Crippen LogP contribution < -0.4 is 11.3 Å². The smallest absolute Gasteiger partial charge is 0.243 e. The van der Waals surface area contributed by atoms with Crippen molar-refractivity contribution >= 4 is 27.6 Å². The van der Waals surface area contributed by atoms with Gasteiger partial charge in [0.25, 0.3) is 0 Å². The van der Waals surface area contributed by atoms with E-state index >= 15 is 0 Å². The summed E-state index contributed by atoms with van der Waals surface area (Å²) in [6.45, 7) is 0.469. The second-order valence-corrected chi connectivity index (χ2v) is 6.37. The molecule has 3 N–H and O–H groups in total. The quantitative estimate of drug-likeness (QED) is 0.576. The molecule has 0 radical (unpaired) electrons. The van der Waals surface area contributed by atoms with Gasteiger partial charge < -0.3 is 5.43 Å². The Morgan fingerprint density at radius 3 is 2.88 bits per heavy atom. The average Bonchev–Trinajstić information content (AvgIpc) is 2.35. The van der Waals surface area contributed by atoms with Crippen LogP contribution in [-0.4, -0.2) is 43.3 Å². The lowest BCUT2D eigenvalue weighted by Gasteiger charge is -2.16. The van der Waals surface area contributed by atoms with Gasteiger partial charge in [-0.05, 0) is 12.3 Å². The summed E-state index contributed by atoms with van der Waals surface area (Å²) in [4.78, 5) is 4.05. The number of sulfonamides is 1. The van der Waals surface area contributed by atoms with Gasteiger partial charge in [0.15, 0.2) is 0 Å². The van der Waals surface area contributed by atoms with Crippen LogP contribution in [0.4, 0.5) is 5.82 Å². The Kier molecular flexibility index (Phi) is 5.19. The van der Waals surface area contributed by atoms with Crippen molar-refractivity contribution in [2.45, 2.75) is 4.90 Å². The summed E-state index contributed by atoms with van der Waals surface area (Å²) >= 11 is 1.60. The number of thioether (sulfide) groups is 1. The van der Waals surface area contributed by atoms with Gasteiger partial charge in [-0.2, -0.15) is 11.8 Å². The number of pyridine rings is 1. The van der Waals surface area contributed by atoms with Crippen molar-refractivity contribution in [2.75, 3.05) is 31.0 Å². The molecule has 1 rings (SSSR count). The zero-order valence-corrected chi connectivity index (χ0v) is 11.4. The number of aromatic nitrogens is 1. The van der Waals surface area contributed by atoms with Crippen LogP contribution in [0.5, 0.6) is 0 Å². The van der Waals surface area contributed by atoms with Crippen molar-refractivity contribution in [2.24, 2.45) is 5.84 Å². The first-order valence-electron chi connectivity index (χ1n) is 4.90. The molecule has 1 heterocycles. The SMILES string of the molecule is CSCCN(C)S(=O)(=O)c1ccnc(NN)c1. The predicted molar refractivity (Wildman–Crippen MR) is 70.2 cm³/mol. The largest absolute Gasteiger partial charge is 0.308 e. The Morgan fingerprint density at radius 1 is 1.59 bits per heavy atom. The van der Waals surface area contributed by atoms with E-state index in [0.29, 0.717) is 12.4 Å². The molecular formula is C9H16N4O2S2. The summed E-state index contributed by atoms with van der Waals surface area (Å²) in [5.74, 6) is 6.27. The summed E-state index contributed by atoms with van der Waals surface area (Å²) in [6.07, 6.45) is 3.34. The molecule has 0 fully saturated rings. The summed E-state index contributed by atoms with van der Waals surface area (Å²) < 4.78 is 25.6. The highest BCUT2D eigenvalue weighted by atomic mass is 32.2. The van der Waals surface area contributed by atoms with Gasteiger partial charge >= 0.3 is 0 Å². The molecule has 1 aromatic rings. The highest BCUT2D eigenvalue weighted by Gasteiger charge is 2.20. The normalized spacial score (nSPS) is 11.8. The number of nitrogens with one attached hydrogen (secondary N) is 1. The molecule has 96 valence electrons. The molecule has 0 unspecified atom stereocenters. The van der Waals surface area contributed by atoms with Crippen molar-refractivity contribution in [1.29, 1.82) is 0 Å². The topological polar surface area (TPSA) is 88.3 Å². The molecule has 0 saturated heterocycles. The molecule has 8 heteroatoms. The molecule has 0 aromatic carbocycles. The van der Waals surface area contributed by atoms with Crippen LogP contribution in [-0.2, 0) is 10.0 Å². The van der Waals surface area contributed by atoms with E-state index in [0.717, 1.165) is 5.75 Å². The van der Waals surface area contributed by atoms with Gasteiger partial charge in [0.2, 0.25) is 10.0 Å². The van der Waals surface area contributed by atoms with Crippen LogP contribution in [0.25, 0.3) is 0 Å². The standard InChI is InChI=1S/C9H16N4O2S2/c1-13(5-6-16-2)17(14,15)8-3-4-11-9(7-8)12-10/h3-4,7H,5-6,10H2,1-2H3,(H,11,12). The molecule has 0 amide bonds. The van der Waals surface area contributed by atoms with Crippen molar-refractivity contribution in [3.8, 4) is 0 Å². The van der Waals surface area contributed by atoms with E-state index in [1.165, 1.54) is 22.6 Å². The lowest BCUT2D eigenvalue weighted by Crippen LogP contribution is -2.29. The predicted octanol–water partition coefficient (Wildman–Crippen LogP) is 0.351. The second kappa shape index (κ2) is 6.20. The van der Waals surface area contributed by atoms with Crippen molar-refractivity contribution in [3.05, 3.63) is 18.3 Å². The number of hydrogen-bond donors (Lipinski definition) is 2. The highest BCUT2D eigenvalue weighted by molar-refractivity contribution is 7.98. The fourth-order valence-electron chi connectivity index (χ4n) is 1.17. The average molecular weight is 276 g/mol. The van der Waals surface area contributed by atoms with Gasteiger partial charge in [0.1, 0.15) is 5.82 Å². The van der Waals surface area contributed by atoms with Crippen molar-refractivity contribution in [1.82, 2.24) is 9.29 Å². The third-order valence-corrected chi connectivity index (χ3v) is 4.64. The molecule has 6 nitrogen and oxygen atoms in total. The number of rotatable bonds is 6. The zero-order chi connectivity index (χ0) is 12.9. The number of nitrogens with zero attached hydrogens (tertiary/aromatic N) is 2. The number of nitrogen functional groups attached to an aromatic ring is 1. The van der Waals surface area contributed by atoms with Gasteiger partial charge in [-0.25, -0.2) is 23.5 Å². The molecular weight excluding hydrogens is 260 g/mol. The number of nitrogens with two attached hydrogens (primary N) is 1. The fraction of sp³-hybridized carbons (Fsp3) is 0.444. The third-order valence-electron chi connectivity index (χ3n) is 2.20. The monoisotopic (exact) mass is 276 g/mol. The maximum absolute atomic E-state index is 12.1. The molecule has 0 atom stereocenters. The molecule has 0 saturated carbocycles. The van der Waals surface area contributed by atoms with Crippen LogP contribution in [0.3, 0.4) is 0 Å². The first kappa shape index (κ1) is 14.2. The Balaban J connectivity index is 2.95. The van der Waals surface area contributed by atoms with Gasteiger partial charge in [-0.15, -0.1) is 0 Å². The van der Waals surface area contributed by atoms with Crippen LogP contribution >= 0.6 is 11.8 Å². The van der Waals surface area contributed by atoms with E-state index in [9.17, 15) is 8.42 Å². The van der Waals surface area contributed by atoms with Gasteiger partial charge in [-0.1, -0.05) is 0 Å². The maximum Gasteiger partial charge on any atom is 0.243 e. The Labute approximate surface area is 106 Å². The maximum atomic E-state index is 12.1. The molecule has 0 bridgehead atoms. The zero-order valence-electron chi connectivity index (χ0n) is 9.75. The van der Waals surface area contributed by atoms with Crippen LogP contribution in [0.15, 0.2) is 23.2 Å². The number of anilines is 1. The minimum Gasteiger partial charge on any atom is -0.308 e. The summed E-state index contributed by atoms with van der Waals surface area (Å²) in [6, 6.07) is 2.86. The van der Waals surface area contributed by atoms with E-state index in [1.54, 1.807) is 18.8 Å². The van der Waals surface area contributed by atoms with Crippen LogP contribution in [0.1, 0.15) is 0 Å². The minimum atomic E-state index is -3.46.